The molecule has 0 radical (unpaired) electrons. The van der Waals surface area contributed by atoms with Gasteiger partial charge in [0.2, 0.25) is 5.95 Å². The Bertz CT molecular complexity index is 821. The zero-order valence-electron chi connectivity index (χ0n) is 14.2. The average Bonchev–Trinajstić information content (AvgIpc) is 2.62. The Hall–Kier alpha value is -2.59. The number of hydrogen-bond donors (Lipinski definition) is 2. The van der Waals surface area contributed by atoms with Gasteiger partial charge in [-0.2, -0.15) is 4.98 Å². The molecule has 0 atom stereocenters. The standard InChI is InChI=1S/C20H21ClN4/c1-15-14-17(21)9-10-18(15)24-20-23-13-11-19(25-20)22-12-5-8-16-6-3-2-4-7-16/h2-4,6-7,9-11,13-14H,5,8,12H2,1H3,(H2,22,23,24,25). The predicted octanol–water partition coefficient (Wildman–Crippen LogP) is 5.23. The van der Waals surface area contributed by atoms with E-state index in [1.54, 1.807) is 6.20 Å². The number of aromatic nitrogens is 2. The Morgan fingerprint density at radius 2 is 1.88 bits per heavy atom. The third-order valence-corrected chi connectivity index (χ3v) is 4.12. The van der Waals surface area contributed by atoms with Crippen molar-refractivity contribution >= 4 is 29.1 Å². The minimum atomic E-state index is 0.568. The van der Waals surface area contributed by atoms with Crippen LogP contribution in [0.4, 0.5) is 17.5 Å². The van der Waals surface area contributed by atoms with Crippen molar-refractivity contribution in [1.29, 1.82) is 0 Å². The van der Waals surface area contributed by atoms with Gasteiger partial charge in [0, 0.05) is 23.5 Å². The van der Waals surface area contributed by atoms with Gasteiger partial charge in [-0.15, -0.1) is 0 Å². The summed E-state index contributed by atoms with van der Waals surface area (Å²) in [4.78, 5) is 8.79. The van der Waals surface area contributed by atoms with E-state index >= 15 is 0 Å². The lowest BCUT2D eigenvalue weighted by molar-refractivity contribution is 0.858. The van der Waals surface area contributed by atoms with Crippen LogP contribution in [0.5, 0.6) is 0 Å². The molecule has 0 aliphatic heterocycles. The second-order valence-corrected chi connectivity index (χ2v) is 6.30. The van der Waals surface area contributed by atoms with E-state index in [2.05, 4.69) is 44.9 Å². The van der Waals surface area contributed by atoms with Crippen LogP contribution in [0.15, 0.2) is 60.8 Å². The van der Waals surface area contributed by atoms with Gasteiger partial charge in [-0.25, -0.2) is 4.98 Å². The topological polar surface area (TPSA) is 49.8 Å². The number of nitrogens with zero attached hydrogens (tertiary/aromatic N) is 2. The summed E-state index contributed by atoms with van der Waals surface area (Å²) >= 11 is 5.99. The molecule has 1 heterocycles. The monoisotopic (exact) mass is 352 g/mol. The van der Waals surface area contributed by atoms with Crippen molar-refractivity contribution in [1.82, 2.24) is 9.97 Å². The van der Waals surface area contributed by atoms with E-state index in [0.717, 1.165) is 41.5 Å². The molecular formula is C20H21ClN4. The van der Waals surface area contributed by atoms with Crippen LogP contribution in [-0.4, -0.2) is 16.5 Å². The smallest absolute Gasteiger partial charge is 0.229 e. The summed E-state index contributed by atoms with van der Waals surface area (Å²) in [5.41, 5.74) is 3.36. The second-order valence-electron chi connectivity index (χ2n) is 5.87. The fourth-order valence-corrected chi connectivity index (χ4v) is 2.79. The highest BCUT2D eigenvalue weighted by molar-refractivity contribution is 6.30. The van der Waals surface area contributed by atoms with Gasteiger partial charge in [0.1, 0.15) is 5.82 Å². The maximum atomic E-state index is 5.99. The highest BCUT2D eigenvalue weighted by Gasteiger charge is 2.03. The first-order valence-electron chi connectivity index (χ1n) is 8.35. The van der Waals surface area contributed by atoms with E-state index in [4.69, 9.17) is 11.6 Å². The Balaban J connectivity index is 1.54. The Morgan fingerprint density at radius 3 is 2.68 bits per heavy atom. The zero-order valence-corrected chi connectivity index (χ0v) is 14.9. The summed E-state index contributed by atoms with van der Waals surface area (Å²) in [5, 5.41) is 7.31. The maximum absolute atomic E-state index is 5.99. The first-order chi connectivity index (χ1) is 12.2. The number of nitrogens with one attached hydrogen (secondary N) is 2. The SMILES string of the molecule is Cc1cc(Cl)ccc1Nc1nccc(NCCCc2ccccc2)n1. The van der Waals surface area contributed by atoms with Crippen LogP contribution in [0.3, 0.4) is 0 Å². The van der Waals surface area contributed by atoms with E-state index in [1.807, 2.05) is 37.3 Å². The van der Waals surface area contributed by atoms with Crippen LogP contribution in [0.25, 0.3) is 0 Å². The molecule has 0 bridgehead atoms. The number of aryl methyl sites for hydroxylation is 2. The summed E-state index contributed by atoms with van der Waals surface area (Å²) in [6.07, 6.45) is 3.85. The molecule has 2 N–H and O–H groups in total. The van der Waals surface area contributed by atoms with Gasteiger partial charge in [-0.1, -0.05) is 41.9 Å². The average molecular weight is 353 g/mol. The summed E-state index contributed by atoms with van der Waals surface area (Å²) in [6, 6.07) is 18.1. The van der Waals surface area contributed by atoms with Crippen molar-refractivity contribution in [2.75, 3.05) is 17.2 Å². The van der Waals surface area contributed by atoms with Gasteiger partial charge in [-0.05, 0) is 55.2 Å². The number of anilines is 3. The molecule has 0 saturated carbocycles. The molecule has 0 amide bonds. The van der Waals surface area contributed by atoms with Crippen molar-refractivity contribution in [3.05, 3.63) is 76.9 Å². The van der Waals surface area contributed by atoms with Gasteiger partial charge in [0.25, 0.3) is 0 Å². The Labute approximate surface area is 153 Å². The fraction of sp³-hybridized carbons (Fsp3) is 0.200. The third-order valence-electron chi connectivity index (χ3n) is 3.88. The molecule has 0 unspecified atom stereocenters. The Kier molecular flexibility index (Phi) is 5.86. The number of halogens is 1. The van der Waals surface area contributed by atoms with Crippen molar-refractivity contribution in [3.8, 4) is 0 Å². The lowest BCUT2D eigenvalue weighted by Gasteiger charge is -2.10. The third kappa shape index (κ3) is 5.19. The van der Waals surface area contributed by atoms with Crippen LogP contribution >= 0.6 is 11.6 Å². The fourth-order valence-electron chi connectivity index (χ4n) is 2.56. The molecule has 0 saturated heterocycles. The second kappa shape index (κ2) is 8.49. The molecule has 0 fully saturated rings. The molecule has 128 valence electrons. The largest absolute Gasteiger partial charge is 0.370 e. The van der Waals surface area contributed by atoms with Crippen molar-refractivity contribution in [2.24, 2.45) is 0 Å². The summed E-state index contributed by atoms with van der Waals surface area (Å²) in [5.74, 6) is 1.38. The normalized spacial score (nSPS) is 10.5. The van der Waals surface area contributed by atoms with Gasteiger partial charge in [-0.3, -0.25) is 0 Å². The molecule has 0 aliphatic rings. The molecule has 3 rings (SSSR count). The molecule has 0 aliphatic carbocycles. The van der Waals surface area contributed by atoms with Gasteiger partial charge in [0.05, 0.1) is 0 Å². The van der Waals surface area contributed by atoms with Crippen LogP contribution in [0.2, 0.25) is 5.02 Å². The predicted molar refractivity (Wildman–Crippen MR) is 105 cm³/mol. The number of rotatable bonds is 7. The molecule has 4 nitrogen and oxygen atoms in total. The van der Waals surface area contributed by atoms with Crippen LogP contribution < -0.4 is 10.6 Å². The van der Waals surface area contributed by atoms with Gasteiger partial charge in [0.15, 0.2) is 0 Å². The quantitative estimate of drug-likeness (QED) is 0.572. The van der Waals surface area contributed by atoms with E-state index in [-0.39, 0.29) is 0 Å². The van der Waals surface area contributed by atoms with Crippen LogP contribution in [-0.2, 0) is 6.42 Å². The summed E-state index contributed by atoms with van der Waals surface area (Å²) in [6.45, 7) is 2.87. The molecule has 2 aromatic carbocycles. The lowest BCUT2D eigenvalue weighted by atomic mass is 10.1. The first-order valence-corrected chi connectivity index (χ1v) is 8.72. The molecule has 0 spiro atoms. The van der Waals surface area contributed by atoms with Crippen LogP contribution in [0.1, 0.15) is 17.5 Å². The minimum absolute atomic E-state index is 0.568. The van der Waals surface area contributed by atoms with E-state index in [1.165, 1.54) is 5.56 Å². The molecule has 25 heavy (non-hydrogen) atoms. The number of benzene rings is 2. The van der Waals surface area contributed by atoms with Crippen molar-refractivity contribution in [2.45, 2.75) is 19.8 Å². The zero-order chi connectivity index (χ0) is 17.5. The van der Waals surface area contributed by atoms with E-state index in [9.17, 15) is 0 Å². The van der Waals surface area contributed by atoms with Crippen LogP contribution in [0, 0.1) is 6.92 Å². The lowest BCUT2D eigenvalue weighted by Crippen LogP contribution is -2.06. The maximum Gasteiger partial charge on any atom is 0.229 e. The summed E-state index contributed by atoms with van der Waals surface area (Å²) in [7, 11) is 0. The van der Waals surface area contributed by atoms with Crippen molar-refractivity contribution in [3.63, 3.8) is 0 Å². The summed E-state index contributed by atoms with van der Waals surface area (Å²) < 4.78 is 0. The Morgan fingerprint density at radius 1 is 1.04 bits per heavy atom. The van der Waals surface area contributed by atoms with E-state index < -0.39 is 0 Å². The number of hydrogen-bond acceptors (Lipinski definition) is 4. The highest BCUT2D eigenvalue weighted by Crippen LogP contribution is 2.22. The van der Waals surface area contributed by atoms with Gasteiger partial charge < -0.3 is 10.6 Å². The molecular weight excluding hydrogens is 332 g/mol. The first kappa shape index (κ1) is 17.2. The van der Waals surface area contributed by atoms with E-state index in [0.29, 0.717) is 5.95 Å². The van der Waals surface area contributed by atoms with Crippen molar-refractivity contribution < 1.29 is 0 Å². The molecule has 1 aromatic heterocycles. The molecule has 3 aromatic rings. The molecule has 5 heteroatoms. The van der Waals surface area contributed by atoms with Gasteiger partial charge >= 0.3 is 0 Å². The highest BCUT2D eigenvalue weighted by atomic mass is 35.5. The minimum Gasteiger partial charge on any atom is -0.370 e.